The summed E-state index contributed by atoms with van der Waals surface area (Å²) in [5.41, 5.74) is 12.4. The molecule has 24 nitrogen and oxygen atoms in total. The molecule has 2 aliphatic rings. The second-order valence-electron chi connectivity index (χ2n) is 18.5. The van der Waals surface area contributed by atoms with Crippen molar-refractivity contribution < 1.29 is 48.6 Å². The van der Waals surface area contributed by atoms with Crippen LogP contribution >= 0.6 is 0 Å². The van der Waals surface area contributed by atoms with E-state index in [0.29, 0.717) is 44.2 Å². The maximum absolute atomic E-state index is 14.6. The minimum Gasteiger partial charge on any atom is -0.480 e. The molecule has 2 aromatic carbocycles. The minimum atomic E-state index is -1.62. The van der Waals surface area contributed by atoms with Gasteiger partial charge in [0.25, 0.3) is 0 Å². The number of guanidine groups is 2. The van der Waals surface area contributed by atoms with Crippen molar-refractivity contribution in [3.05, 3.63) is 71.8 Å². The van der Waals surface area contributed by atoms with Gasteiger partial charge in [-0.15, -0.1) is 0 Å². The number of aliphatic hydroxyl groups excluding tert-OH is 1. The Bertz CT molecular complexity index is 2200. The quantitative estimate of drug-likeness (QED) is 0.0228. The first-order valence-electron chi connectivity index (χ1n) is 25.4. The van der Waals surface area contributed by atoms with E-state index < -0.39 is 96.4 Å². The van der Waals surface area contributed by atoms with Gasteiger partial charge in [0.05, 0.1) is 12.6 Å². The van der Waals surface area contributed by atoms with Gasteiger partial charge < -0.3 is 74.4 Å². The molecule has 2 aromatic rings. The molecule has 2 aliphatic heterocycles. The fourth-order valence-electron chi connectivity index (χ4n) is 8.77. The highest BCUT2D eigenvalue weighted by molar-refractivity contribution is 5.98. The lowest BCUT2D eigenvalue weighted by molar-refractivity contribution is -0.149. The third-order valence-electron chi connectivity index (χ3n) is 12.8. The van der Waals surface area contributed by atoms with Gasteiger partial charge in [0.15, 0.2) is 11.9 Å². The number of carboxylic acid groups (broad SMARTS) is 1. The van der Waals surface area contributed by atoms with Crippen molar-refractivity contribution in [2.45, 2.75) is 145 Å². The molecule has 17 N–H and O–H groups in total. The number of carbonyl (C=O) groups excluding carboxylic acids is 7. The Morgan fingerprint density at radius 2 is 1.12 bits per heavy atom. The maximum atomic E-state index is 14.6. The summed E-state index contributed by atoms with van der Waals surface area (Å²) in [5.74, 6) is -6.80. The molecule has 2 saturated heterocycles. The molecule has 2 heterocycles. The van der Waals surface area contributed by atoms with Crippen LogP contribution in [-0.4, -0.2) is 155 Å². The number of hydrogen-bond acceptors (Lipinski definition) is 12. The van der Waals surface area contributed by atoms with Gasteiger partial charge in [0.1, 0.15) is 42.3 Å². The van der Waals surface area contributed by atoms with Gasteiger partial charge in [-0.05, 0) is 88.3 Å². The van der Waals surface area contributed by atoms with E-state index in [1.807, 2.05) is 37.3 Å². The Morgan fingerprint density at radius 1 is 0.635 bits per heavy atom. The second-order valence-corrected chi connectivity index (χ2v) is 18.5. The van der Waals surface area contributed by atoms with E-state index in [2.05, 4.69) is 47.9 Å². The highest BCUT2D eigenvalue weighted by Crippen LogP contribution is 2.20. The summed E-state index contributed by atoms with van der Waals surface area (Å²) in [6.07, 6.45) is 4.18. The SMILES string of the molecule is CCCC[C@H](NC(=O)[C@H](CO)NC(=O)[C@H](CCCNC(=N)N)NC(=O)[C@H](CCc1ccccc1)NC(=O)[C@H](Cc1ccccc1)NC(=O)[C@H](CCCNC(=N)N)NC(=O)[C@@H]1CCCN1)C(=O)N1CCC[C@@H]1C(=O)O. The fourth-order valence-corrected chi connectivity index (χ4v) is 8.77. The van der Waals surface area contributed by atoms with Crippen molar-refractivity contribution >= 4 is 59.2 Å². The first-order chi connectivity index (χ1) is 35.5. The third-order valence-corrected chi connectivity index (χ3v) is 12.8. The van der Waals surface area contributed by atoms with Crippen LogP contribution in [0.25, 0.3) is 0 Å². The van der Waals surface area contributed by atoms with Crippen LogP contribution < -0.4 is 59.3 Å². The molecule has 0 aliphatic carbocycles. The topological polar surface area (TPSA) is 388 Å². The predicted molar refractivity (Wildman–Crippen MR) is 275 cm³/mol. The minimum absolute atomic E-state index is 0.0125. The molecule has 0 bridgehead atoms. The molecule has 4 rings (SSSR count). The summed E-state index contributed by atoms with van der Waals surface area (Å²) < 4.78 is 0. The number of benzene rings is 2. The number of aryl methyl sites for hydroxylation is 1. The van der Waals surface area contributed by atoms with Crippen molar-refractivity contribution in [1.82, 2.24) is 52.8 Å². The van der Waals surface area contributed by atoms with Gasteiger partial charge in [-0.1, -0.05) is 80.4 Å². The van der Waals surface area contributed by atoms with E-state index in [9.17, 15) is 48.6 Å². The molecule has 0 aromatic heterocycles. The summed E-state index contributed by atoms with van der Waals surface area (Å²) in [4.78, 5) is 111. The molecule has 8 atom stereocenters. The van der Waals surface area contributed by atoms with E-state index in [1.165, 1.54) is 4.90 Å². The number of nitrogens with two attached hydrogens (primary N) is 2. The lowest BCUT2D eigenvalue weighted by Crippen LogP contribution is -2.61. The zero-order valence-electron chi connectivity index (χ0n) is 42.1. The molecule has 0 radical (unpaired) electrons. The van der Waals surface area contributed by atoms with E-state index in [0.717, 1.165) is 12.0 Å². The summed E-state index contributed by atoms with van der Waals surface area (Å²) in [6.45, 7) is 2.13. The zero-order chi connectivity index (χ0) is 54.0. The molecule has 0 saturated carbocycles. The van der Waals surface area contributed by atoms with Crippen molar-refractivity contribution in [2.75, 3.05) is 32.8 Å². The van der Waals surface area contributed by atoms with Crippen LogP contribution in [0.2, 0.25) is 0 Å². The first kappa shape index (κ1) is 59.2. The van der Waals surface area contributed by atoms with Crippen LogP contribution in [-0.2, 0) is 51.2 Å². The number of aliphatic carboxylic acids is 1. The first-order valence-corrected chi connectivity index (χ1v) is 25.4. The monoisotopic (exact) mass is 1030 g/mol. The normalized spacial score (nSPS) is 17.5. The van der Waals surface area contributed by atoms with E-state index >= 15 is 0 Å². The van der Waals surface area contributed by atoms with Gasteiger partial charge in [-0.3, -0.25) is 44.4 Å². The van der Waals surface area contributed by atoms with Crippen molar-refractivity contribution in [1.29, 1.82) is 10.8 Å². The molecule has 24 heteroatoms. The van der Waals surface area contributed by atoms with E-state index in [1.54, 1.807) is 30.3 Å². The molecular formula is C50H76N14O10. The van der Waals surface area contributed by atoms with Crippen LogP contribution in [0.3, 0.4) is 0 Å². The Morgan fingerprint density at radius 3 is 1.65 bits per heavy atom. The average molecular weight is 1030 g/mol. The van der Waals surface area contributed by atoms with Crippen LogP contribution in [0.15, 0.2) is 60.7 Å². The smallest absolute Gasteiger partial charge is 0.326 e. The predicted octanol–water partition coefficient (Wildman–Crippen LogP) is -1.69. The Hall–Kier alpha value is -7.34. The molecule has 74 heavy (non-hydrogen) atoms. The molecule has 0 unspecified atom stereocenters. The summed E-state index contributed by atoms with van der Waals surface area (Å²) in [7, 11) is 0. The van der Waals surface area contributed by atoms with Crippen LogP contribution in [0.5, 0.6) is 0 Å². The van der Waals surface area contributed by atoms with Gasteiger partial charge in [-0.25, -0.2) is 4.79 Å². The van der Waals surface area contributed by atoms with Gasteiger partial charge in [-0.2, -0.15) is 0 Å². The fraction of sp³-hybridized carbons (Fsp3) is 0.560. The van der Waals surface area contributed by atoms with Gasteiger partial charge in [0.2, 0.25) is 41.4 Å². The number of amides is 7. The van der Waals surface area contributed by atoms with Crippen molar-refractivity contribution in [2.24, 2.45) is 11.5 Å². The highest BCUT2D eigenvalue weighted by Gasteiger charge is 2.39. The number of nitrogens with zero attached hydrogens (tertiary/aromatic N) is 1. The Balaban J connectivity index is 1.60. The highest BCUT2D eigenvalue weighted by atomic mass is 16.4. The van der Waals surface area contributed by atoms with E-state index in [4.69, 9.17) is 22.3 Å². The lowest BCUT2D eigenvalue weighted by Gasteiger charge is -2.29. The van der Waals surface area contributed by atoms with E-state index in [-0.39, 0.29) is 88.8 Å². The Kier molecular flexibility index (Phi) is 25.0. The second kappa shape index (κ2) is 31.3. The molecule has 0 spiro atoms. The number of unbranched alkanes of at least 4 members (excludes halogenated alkanes) is 1. The maximum Gasteiger partial charge on any atom is 0.326 e. The van der Waals surface area contributed by atoms with Gasteiger partial charge >= 0.3 is 5.97 Å². The molecule has 406 valence electrons. The molecule has 2 fully saturated rings. The number of nitrogens with one attached hydrogen (secondary N) is 11. The van der Waals surface area contributed by atoms with Crippen LogP contribution in [0, 0.1) is 10.8 Å². The summed E-state index contributed by atoms with van der Waals surface area (Å²) in [6, 6.07) is 8.52. The number of carboxylic acids is 1. The number of rotatable bonds is 31. The summed E-state index contributed by atoms with van der Waals surface area (Å²) in [5, 5.41) is 59.9. The standard InChI is InChI=1S/C50H76N14O10/c1-2-3-18-37(47(72)64-28-13-22-40(64)48(73)74)61-46(71)39(30-65)63-43(68)35(21-12-27-57-50(53)54)59-44(69)36(24-23-31-14-6-4-7-15-31)60-45(70)38(29-32-16-8-5-9-17-32)62-42(67)34(20-11-26-56-49(51)52)58-41(66)33-19-10-25-55-33/h4-9,14-17,33-40,55,65H,2-3,10-13,18-30H2,1H3,(H,58,66)(H,59,69)(H,60,70)(H,61,71)(H,62,67)(H,63,68)(H,73,74)(H4,51,52,56)(H4,53,54,57)/t33-,34-,35-,36-,37-,38-,39-,40+/m0/s1. The molecular weight excluding hydrogens is 957 g/mol. The van der Waals surface area contributed by atoms with Crippen LogP contribution in [0.1, 0.15) is 95.1 Å². The number of likely N-dealkylation sites (tertiary alicyclic amines) is 1. The number of hydrogen-bond donors (Lipinski definition) is 15. The van der Waals surface area contributed by atoms with Gasteiger partial charge in [0, 0.05) is 26.1 Å². The number of carbonyl (C=O) groups is 8. The van der Waals surface area contributed by atoms with Crippen molar-refractivity contribution in [3.8, 4) is 0 Å². The lowest BCUT2D eigenvalue weighted by atomic mass is 10.0. The van der Waals surface area contributed by atoms with Crippen molar-refractivity contribution in [3.63, 3.8) is 0 Å². The largest absolute Gasteiger partial charge is 0.480 e. The molecule has 7 amide bonds. The van der Waals surface area contributed by atoms with Crippen LogP contribution in [0.4, 0.5) is 0 Å². The third kappa shape index (κ3) is 19.9. The average Bonchev–Trinajstić information content (AvgIpc) is 4.12. The zero-order valence-corrected chi connectivity index (χ0v) is 42.1. The number of aliphatic hydroxyl groups is 1. The Labute approximate surface area is 431 Å². The summed E-state index contributed by atoms with van der Waals surface area (Å²) >= 11 is 0.